The van der Waals surface area contributed by atoms with Crippen molar-refractivity contribution in [3.05, 3.63) is 35.4 Å². The Hall–Kier alpha value is -2.61. The van der Waals surface area contributed by atoms with Gasteiger partial charge in [0, 0.05) is 31.0 Å². The number of ether oxygens (including phenoxy) is 1. The fourth-order valence-electron chi connectivity index (χ4n) is 3.60. The number of likely N-dealkylation sites (tertiary alicyclic amines) is 1. The highest BCUT2D eigenvalue weighted by Crippen LogP contribution is 2.21. The third-order valence-corrected chi connectivity index (χ3v) is 5.39. The molecule has 2 rings (SSSR count). The Morgan fingerprint density at radius 2 is 1.77 bits per heavy atom. The van der Waals surface area contributed by atoms with Crippen molar-refractivity contribution < 1.29 is 24.2 Å². The zero-order valence-electron chi connectivity index (χ0n) is 17.8. The first-order chi connectivity index (χ1) is 14.2. The molecule has 164 valence electrons. The molecule has 0 spiro atoms. The maximum Gasteiger partial charge on any atom is 0.333 e. The molecule has 1 aliphatic rings. The van der Waals surface area contributed by atoms with E-state index in [9.17, 15) is 19.5 Å². The van der Waals surface area contributed by atoms with Crippen molar-refractivity contribution in [2.75, 3.05) is 13.1 Å². The quantitative estimate of drug-likeness (QED) is 0.446. The number of nitrogens with one attached hydrogen (secondary N) is 1. The number of hydrogen-bond acceptors (Lipinski definition) is 6. The molecule has 1 aromatic rings. The third kappa shape index (κ3) is 6.45. The number of Topliss-reactive ketones (excluding diaryl/α,β-unsaturated/α-hetero) is 1. The molecule has 2 atom stereocenters. The minimum absolute atomic E-state index is 0.0647. The first-order valence-electron chi connectivity index (χ1n) is 10.3. The first-order valence-corrected chi connectivity index (χ1v) is 10.3. The van der Waals surface area contributed by atoms with Gasteiger partial charge in [0.2, 0.25) is 5.91 Å². The molecule has 1 amide bonds. The predicted octanol–water partition coefficient (Wildman–Crippen LogP) is 3.54. The van der Waals surface area contributed by atoms with Crippen LogP contribution >= 0.6 is 0 Å². The fourth-order valence-corrected chi connectivity index (χ4v) is 3.60. The van der Waals surface area contributed by atoms with E-state index in [4.69, 9.17) is 10.3 Å². The van der Waals surface area contributed by atoms with Crippen molar-refractivity contribution in [2.24, 2.45) is 17.0 Å². The third-order valence-electron chi connectivity index (χ3n) is 5.39. The number of carboxylic acids is 1. The number of benzene rings is 1. The minimum atomic E-state index is -0.960. The Balaban J connectivity index is 1.84. The largest absolute Gasteiger partial charge is 0.479 e. The van der Waals surface area contributed by atoms with Crippen LogP contribution in [0.3, 0.4) is 0 Å². The Morgan fingerprint density at radius 3 is 2.27 bits per heavy atom. The van der Waals surface area contributed by atoms with Gasteiger partial charge in [-0.2, -0.15) is 5.11 Å². The van der Waals surface area contributed by atoms with Crippen LogP contribution in [-0.4, -0.2) is 53.0 Å². The highest BCUT2D eigenvalue weighted by molar-refractivity contribution is 5.98. The number of nitrogens with zero attached hydrogens (tertiary/aromatic N) is 2. The average Bonchev–Trinajstić information content (AvgIpc) is 2.72. The van der Waals surface area contributed by atoms with E-state index in [1.54, 1.807) is 36.1 Å². The van der Waals surface area contributed by atoms with Crippen molar-refractivity contribution in [2.45, 2.75) is 58.8 Å². The number of carbonyl (C=O) groups excluding carboxylic acids is 2. The normalized spacial score (nSPS) is 16.9. The molecular formula is C22H31N3O5. The Labute approximate surface area is 177 Å². The van der Waals surface area contributed by atoms with E-state index in [1.807, 2.05) is 13.8 Å². The van der Waals surface area contributed by atoms with E-state index in [2.05, 4.69) is 5.11 Å². The second-order valence-corrected chi connectivity index (χ2v) is 8.21. The lowest BCUT2D eigenvalue weighted by atomic mass is 9.96. The predicted molar refractivity (Wildman–Crippen MR) is 110 cm³/mol. The lowest BCUT2D eigenvalue weighted by Gasteiger charge is -2.35. The van der Waals surface area contributed by atoms with Crippen LogP contribution in [0.5, 0.6) is 0 Å². The Kier molecular flexibility index (Phi) is 8.65. The van der Waals surface area contributed by atoms with Gasteiger partial charge in [0.05, 0.1) is 12.6 Å². The van der Waals surface area contributed by atoms with E-state index < -0.39 is 18.0 Å². The summed E-state index contributed by atoms with van der Waals surface area (Å²) in [6.07, 6.45) is 0.293. The lowest BCUT2D eigenvalue weighted by Crippen LogP contribution is -2.45. The number of aliphatic carboxylic acids is 1. The molecule has 1 fully saturated rings. The highest BCUT2D eigenvalue weighted by atomic mass is 16.5. The summed E-state index contributed by atoms with van der Waals surface area (Å²) in [6, 6.07) is 6.95. The monoisotopic (exact) mass is 417 g/mol. The van der Waals surface area contributed by atoms with Crippen LogP contribution in [0.25, 0.3) is 0 Å². The van der Waals surface area contributed by atoms with Gasteiger partial charge >= 0.3 is 5.97 Å². The molecule has 8 heteroatoms. The van der Waals surface area contributed by atoms with Crippen LogP contribution in [0.4, 0.5) is 0 Å². The summed E-state index contributed by atoms with van der Waals surface area (Å²) in [5.74, 6) is -1.67. The zero-order chi connectivity index (χ0) is 22.3. The van der Waals surface area contributed by atoms with Gasteiger partial charge < -0.3 is 14.7 Å². The second-order valence-electron chi connectivity index (χ2n) is 8.21. The smallest absolute Gasteiger partial charge is 0.333 e. The number of rotatable bonds is 10. The van der Waals surface area contributed by atoms with Crippen molar-refractivity contribution in [1.82, 2.24) is 4.90 Å². The average molecular weight is 418 g/mol. The van der Waals surface area contributed by atoms with Crippen LogP contribution in [0.15, 0.2) is 29.4 Å². The van der Waals surface area contributed by atoms with E-state index in [0.717, 1.165) is 5.56 Å². The number of ketones is 1. The Morgan fingerprint density at radius 1 is 1.17 bits per heavy atom. The van der Waals surface area contributed by atoms with Crippen LogP contribution < -0.4 is 0 Å². The molecular weight excluding hydrogens is 386 g/mol. The molecule has 0 bridgehead atoms. The number of piperidine rings is 1. The number of carbonyl (C=O) groups is 3. The van der Waals surface area contributed by atoms with Gasteiger partial charge in [-0.25, -0.2) is 10.3 Å². The van der Waals surface area contributed by atoms with E-state index in [-0.39, 0.29) is 36.7 Å². The molecule has 2 unspecified atom stereocenters. The first kappa shape index (κ1) is 23.7. The molecule has 30 heavy (non-hydrogen) atoms. The molecule has 0 aliphatic carbocycles. The topological polar surface area (TPSA) is 120 Å². The molecule has 1 saturated heterocycles. The second kappa shape index (κ2) is 11.0. The number of carboxylic acid groups (broad SMARTS) is 1. The SMILES string of the molecule is CC(CC(=O)c1ccc(CN=N)cc1)C(=O)N1CCC(OC(C(=O)O)C(C)C)CC1. The standard InChI is InChI=1S/C22H31N3O5/c1-14(2)20(22(28)29)30-18-8-10-25(11-9-18)21(27)15(3)12-19(26)17-6-4-16(5-7-17)13-24-23/h4-7,14-15,18,20,23H,8-13H2,1-3H3,(H,28,29). The fraction of sp³-hybridized carbons (Fsp3) is 0.591. The van der Waals surface area contributed by atoms with E-state index >= 15 is 0 Å². The molecule has 1 aromatic carbocycles. The zero-order valence-corrected chi connectivity index (χ0v) is 17.8. The maximum absolute atomic E-state index is 12.8. The van der Waals surface area contributed by atoms with E-state index in [0.29, 0.717) is 31.5 Å². The van der Waals surface area contributed by atoms with Crippen LogP contribution in [0, 0.1) is 17.4 Å². The molecule has 1 aliphatic heterocycles. The van der Waals surface area contributed by atoms with Gasteiger partial charge in [-0.15, -0.1) is 0 Å². The van der Waals surface area contributed by atoms with Gasteiger partial charge in [-0.3, -0.25) is 9.59 Å². The summed E-state index contributed by atoms with van der Waals surface area (Å²) in [4.78, 5) is 38.3. The summed E-state index contributed by atoms with van der Waals surface area (Å²) < 4.78 is 5.74. The van der Waals surface area contributed by atoms with Crippen molar-refractivity contribution >= 4 is 17.7 Å². The molecule has 1 heterocycles. The summed E-state index contributed by atoms with van der Waals surface area (Å²) >= 11 is 0. The van der Waals surface area contributed by atoms with Gasteiger partial charge in [-0.1, -0.05) is 45.0 Å². The van der Waals surface area contributed by atoms with Crippen molar-refractivity contribution in [3.8, 4) is 0 Å². The van der Waals surface area contributed by atoms with Crippen molar-refractivity contribution in [3.63, 3.8) is 0 Å². The summed E-state index contributed by atoms with van der Waals surface area (Å²) in [5, 5.41) is 12.6. The molecule has 0 aromatic heterocycles. The van der Waals surface area contributed by atoms with Crippen LogP contribution in [0.2, 0.25) is 0 Å². The number of hydrogen-bond donors (Lipinski definition) is 2. The molecule has 0 radical (unpaired) electrons. The van der Waals surface area contributed by atoms with Gasteiger partial charge in [0.1, 0.15) is 0 Å². The van der Waals surface area contributed by atoms with Gasteiger partial charge in [0.25, 0.3) is 0 Å². The lowest BCUT2D eigenvalue weighted by molar-refractivity contribution is -0.161. The van der Waals surface area contributed by atoms with E-state index in [1.165, 1.54) is 0 Å². The van der Waals surface area contributed by atoms with Crippen LogP contribution in [-0.2, 0) is 20.9 Å². The van der Waals surface area contributed by atoms with Gasteiger partial charge in [-0.05, 0) is 24.3 Å². The molecule has 0 saturated carbocycles. The molecule has 8 nitrogen and oxygen atoms in total. The Bertz CT molecular complexity index is 755. The number of amides is 1. The summed E-state index contributed by atoms with van der Waals surface area (Å²) in [7, 11) is 0. The summed E-state index contributed by atoms with van der Waals surface area (Å²) in [5.41, 5.74) is 8.29. The highest BCUT2D eigenvalue weighted by Gasteiger charge is 2.31. The molecule has 2 N–H and O–H groups in total. The van der Waals surface area contributed by atoms with Crippen molar-refractivity contribution in [1.29, 1.82) is 5.53 Å². The van der Waals surface area contributed by atoms with Crippen LogP contribution in [0.1, 0.15) is 56.0 Å². The van der Waals surface area contributed by atoms with Gasteiger partial charge in [0.15, 0.2) is 11.9 Å². The summed E-state index contributed by atoms with van der Waals surface area (Å²) in [6.45, 7) is 6.67. The maximum atomic E-state index is 12.8. The minimum Gasteiger partial charge on any atom is -0.479 e.